The van der Waals surface area contributed by atoms with Crippen LogP contribution in [0, 0.1) is 11.7 Å². The third-order valence-corrected chi connectivity index (χ3v) is 5.46. The Bertz CT molecular complexity index is 782. The molecule has 2 amide bonds. The largest absolute Gasteiger partial charge is 0.330 e. The predicted octanol–water partition coefficient (Wildman–Crippen LogP) is 2.07. The Hall–Kier alpha value is -1.67. The average Bonchev–Trinajstić information content (AvgIpc) is 2.98. The predicted molar refractivity (Wildman–Crippen MR) is 91.7 cm³/mol. The minimum atomic E-state index is -4.02. The zero-order valence-corrected chi connectivity index (χ0v) is 15.5. The molecule has 0 unspecified atom stereocenters. The lowest BCUT2D eigenvalue weighted by atomic mass is 10.1. The molecule has 25 heavy (non-hydrogen) atoms. The fraction of sp³-hybridized carbons (Fsp3) is 0.500. The Labute approximate surface area is 151 Å². The zero-order chi connectivity index (χ0) is 18.8. The van der Waals surface area contributed by atoms with Crippen molar-refractivity contribution in [2.24, 2.45) is 5.92 Å². The number of carbonyl (C=O) groups is 2. The third-order valence-electron chi connectivity index (χ3n) is 3.93. The van der Waals surface area contributed by atoms with Crippen molar-refractivity contribution in [3.8, 4) is 0 Å². The number of nitrogens with zero attached hydrogens (tertiary/aromatic N) is 1. The van der Waals surface area contributed by atoms with E-state index in [0.717, 1.165) is 6.07 Å². The van der Waals surface area contributed by atoms with Gasteiger partial charge in [-0.05, 0) is 30.5 Å². The summed E-state index contributed by atoms with van der Waals surface area (Å²) in [4.78, 5) is 25.9. The second kappa shape index (κ2) is 7.70. The minimum Gasteiger partial charge on any atom is -0.330 e. The van der Waals surface area contributed by atoms with Crippen LogP contribution < -0.4 is 4.72 Å². The number of nitrogens with one attached hydrogen (secondary N) is 1. The van der Waals surface area contributed by atoms with Crippen molar-refractivity contribution < 1.29 is 22.4 Å². The Balaban J connectivity index is 2.07. The molecule has 1 aromatic carbocycles. The van der Waals surface area contributed by atoms with Gasteiger partial charge in [0.1, 0.15) is 11.9 Å². The second-order valence-corrected chi connectivity index (χ2v) is 8.45. The van der Waals surface area contributed by atoms with E-state index in [-0.39, 0.29) is 22.4 Å². The lowest BCUT2D eigenvalue weighted by molar-refractivity contribution is -0.140. The summed E-state index contributed by atoms with van der Waals surface area (Å²) in [5.74, 6) is -2.49. The molecule has 1 N–H and O–H groups in total. The molecule has 0 aliphatic carbocycles. The van der Waals surface area contributed by atoms with Crippen LogP contribution in [0.5, 0.6) is 0 Å². The van der Waals surface area contributed by atoms with E-state index in [1.807, 2.05) is 4.72 Å². The molecule has 2 rings (SSSR count). The average molecular weight is 391 g/mol. The van der Waals surface area contributed by atoms with Gasteiger partial charge in [0, 0.05) is 12.5 Å². The van der Waals surface area contributed by atoms with Gasteiger partial charge in [0.15, 0.2) is 0 Å². The van der Waals surface area contributed by atoms with Crippen LogP contribution in [0.15, 0.2) is 18.2 Å². The van der Waals surface area contributed by atoms with Crippen LogP contribution in [0.25, 0.3) is 0 Å². The molecule has 0 radical (unpaired) electrons. The lowest BCUT2D eigenvalue weighted by Crippen LogP contribution is -2.48. The molecule has 138 valence electrons. The Morgan fingerprint density at radius 2 is 2.08 bits per heavy atom. The van der Waals surface area contributed by atoms with Crippen LogP contribution in [0.2, 0.25) is 5.02 Å². The summed E-state index contributed by atoms with van der Waals surface area (Å²) in [5, 5.41) is -0.112. The number of halogens is 2. The van der Waals surface area contributed by atoms with E-state index in [2.05, 4.69) is 0 Å². The van der Waals surface area contributed by atoms with Crippen LogP contribution in [-0.4, -0.2) is 37.7 Å². The van der Waals surface area contributed by atoms with Crippen molar-refractivity contribution in [3.05, 3.63) is 34.6 Å². The van der Waals surface area contributed by atoms with Crippen molar-refractivity contribution in [1.82, 2.24) is 9.62 Å². The molecule has 0 saturated carbocycles. The number of hydrogen-bond donors (Lipinski definition) is 1. The highest BCUT2D eigenvalue weighted by atomic mass is 35.5. The standard InChI is InChI=1S/C16H20ClFN2O4S/c1-10(2)16(22)20-7-3-4-14(20)15(21)19-25(23,24)9-11-5-6-12(17)13(18)8-11/h5-6,8,10,14H,3-4,7,9H2,1-2H3,(H,19,21)/t14-/m0/s1. The highest BCUT2D eigenvalue weighted by molar-refractivity contribution is 7.89. The molecule has 0 spiro atoms. The summed E-state index contributed by atoms with van der Waals surface area (Å²) in [6.07, 6.45) is 1.05. The maximum Gasteiger partial charge on any atom is 0.256 e. The fourth-order valence-corrected chi connectivity index (χ4v) is 3.99. The third kappa shape index (κ3) is 4.92. The van der Waals surface area contributed by atoms with Gasteiger partial charge in [-0.2, -0.15) is 0 Å². The zero-order valence-electron chi connectivity index (χ0n) is 14.0. The SMILES string of the molecule is CC(C)C(=O)N1CCC[C@H]1C(=O)NS(=O)(=O)Cc1ccc(Cl)c(F)c1. The van der Waals surface area contributed by atoms with Crippen LogP contribution >= 0.6 is 11.6 Å². The first-order valence-corrected chi connectivity index (χ1v) is 9.92. The number of rotatable bonds is 5. The highest BCUT2D eigenvalue weighted by Crippen LogP contribution is 2.21. The van der Waals surface area contributed by atoms with Crippen LogP contribution in [0.4, 0.5) is 4.39 Å². The molecule has 1 heterocycles. The van der Waals surface area contributed by atoms with Gasteiger partial charge in [-0.1, -0.05) is 31.5 Å². The number of benzene rings is 1. The molecule has 1 aliphatic rings. The summed E-state index contributed by atoms with van der Waals surface area (Å²) in [5.41, 5.74) is 0.170. The first kappa shape index (κ1) is 19.7. The van der Waals surface area contributed by atoms with E-state index in [1.165, 1.54) is 17.0 Å². The molecule has 1 aliphatic heterocycles. The van der Waals surface area contributed by atoms with Gasteiger partial charge in [0.2, 0.25) is 15.9 Å². The number of carbonyl (C=O) groups excluding carboxylic acids is 2. The summed E-state index contributed by atoms with van der Waals surface area (Å²) < 4.78 is 39.8. The molecular weight excluding hydrogens is 371 g/mol. The topological polar surface area (TPSA) is 83.6 Å². The van der Waals surface area contributed by atoms with Gasteiger partial charge in [-0.25, -0.2) is 12.8 Å². The van der Waals surface area contributed by atoms with Crippen molar-refractivity contribution in [3.63, 3.8) is 0 Å². The molecule has 1 fully saturated rings. The lowest BCUT2D eigenvalue weighted by Gasteiger charge is -2.25. The number of hydrogen-bond acceptors (Lipinski definition) is 4. The Kier molecular flexibility index (Phi) is 6.05. The Morgan fingerprint density at radius 3 is 2.68 bits per heavy atom. The maximum absolute atomic E-state index is 13.4. The van der Waals surface area contributed by atoms with E-state index < -0.39 is 33.5 Å². The maximum atomic E-state index is 13.4. The van der Waals surface area contributed by atoms with Crippen molar-refractivity contribution in [2.45, 2.75) is 38.5 Å². The minimum absolute atomic E-state index is 0.112. The first-order chi connectivity index (χ1) is 11.6. The number of sulfonamides is 1. The molecule has 0 bridgehead atoms. The molecule has 1 saturated heterocycles. The van der Waals surface area contributed by atoms with Gasteiger partial charge < -0.3 is 4.90 Å². The van der Waals surface area contributed by atoms with Gasteiger partial charge in [0.25, 0.3) is 5.91 Å². The summed E-state index contributed by atoms with van der Waals surface area (Å²) in [6.45, 7) is 3.88. The van der Waals surface area contributed by atoms with Gasteiger partial charge in [-0.15, -0.1) is 0 Å². The molecule has 9 heteroatoms. The summed E-state index contributed by atoms with van der Waals surface area (Å²) in [7, 11) is -4.02. The van der Waals surface area contributed by atoms with E-state index in [9.17, 15) is 22.4 Å². The van der Waals surface area contributed by atoms with Crippen LogP contribution in [0.1, 0.15) is 32.3 Å². The molecule has 6 nitrogen and oxygen atoms in total. The Morgan fingerprint density at radius 1 is 1.40 bits per heavy atom. The fourth-order valence-electron chi connectivity index (χ4n) is 2.74. The van der Waals surface area contributed by atoms with Gasteiger partial charge in [-0.3, -0.25) is 14.3 Å². The quantitative estimate of drug-likeness (QED) is 0.834. The molecular formula is C16H20ClFN2O4S. The van der Waals surface area contributed by atoms with Gasteiger partial charge >= 0.3 is 0 Å². The van der Waals surface area contributed by atoms with E-state index in [1.54, 1.807) is 13.8 Å². The van der Waals surface area contributed by atoms with Crippen molar-refractivity contribution >= 4 is 33.4 Å². The van der Waals surface area contributed by atoms with E-state index >= 15 is 0 Å². The van der Waals surface area contributed by atoms with Crippen LogP contribution in [0.3, 0.4) is 0 Å². The molecule has 1 atom stereocenters. The summed E-state index contributed by atoms with van der Waals surface area (Å²) >= 11 is 5.56. The number of amides is 2. The van der Waals surface area contributed by atoms with E-state index in [0.29, 0.717) is 19.4 Å². The number of likely N-dealkylation sites (tertiary alicyclic amines) is 1. The monoisotopic (exact) mass is 390 g/mol. The molecule has 0 aromatic heterocycles. The first-order valence-electron chi connectivity index (χ1n) is 7.89. The molecule has 1 aromatic rings. The van der Waals surface area contributed by atoms with Crippen LogP contribution in [-0.2, 0) is 25.4 Å². The van der Waals surface area contributed by atoms with Crippen molar-refractivity contribution in [1.29, 1.82) is 0 Å². The van der Waals surface area contributed by atoms with Gasteiger partial charge in [0.05, 0.1) is 10.8 Å². The normalized spacial score (nSPS) is 17.8. The highest BCUT2D eigenvalue weighted by Gasteiger charge is 2.36. The summed E-state index contributed by atoms with van der Waals surface area (Å²) in [6, 6.07) is 2.84. The van der Waals surface area contributed by atoms with E-state index in [4.69, 9.17) is 11.6 Å². The second-order valence-electron chi connectivity index (χ2n) is 6.32. The smallest absolute Gasteiger partial charge is 0.256 e. The van der Waals surface area contributed by atoms with Crippen molar-refractivity contribution in [2.75, 3.05) is 6.54 Å².